The molecule has 2 aromatic heterocycles. The predicted molar refractivity (Wildman–Crippen MR) is 59.2 cm³/mol. The lowest BCUT2D eigenvalue weighted by Crippen LogP contribution is -2.01. The average molecular weight is 219 g/mol. The number of nitrogens with zero attached hydrogens (tertiary/aromatic N) is 3. The second kappa shape index (κ2) is 4.18. The lowest BCUT2D eigenvalue weighted by atomic mass is 10.2. The van der Waals surface area contributed by atoms with Gasteiger partial charge in [-0.25, -0.2) is 9.97 Å². The summed E-state index contributed by atoms with van der Waals surface area (Å²) in [6.07, 6.45) is 2.09. The fourth-order valence-electron chi connectivity index (χ4n) is 1.37. The van der Waals surface area contributed by atoms with E-state index in [1.165, 1.54) is 6.33 Å². The highest BCUT2D eigenvalue weighted by molar-refractivity contribution is 5.45. The van der Waals surface area contributed by atoms with Crippen molar-refractivity contribution in [3.8, 4) is 11.8 Å². The number of rotatable bonds is 3. The van der Waals surface area contributed by atoms with Crippen LogP contribution in [0.2, 0.25) is 0 Å². The first-order chi connectivity index (χ1) is 7.70. The van der Waals surface area contributed by atoms with E-state index in [1.807, 2.05) is 13.8 Å². The van der Waals surface area contributed by atoms with Crippen molar-refractivity contribution in [2.75, 3.05) is 5.73 Å². The van der Waals surface area contributed by atoms with Crippen LogP contribution in [0.5, 0.6) is 11.8 Å². The van der Waals surface area contributed by atoms with Crippen LogP contribution in [-0.2, 0) is 6.42 Å². The Morgan fingerprint density at radius 1 is 1.44 bits per heavy atom. The Balaban J connectivity index is 2.30. The third kappa shape index (κ3) is 1.95. The van der Waals surface area contributed by atoms with Crippen molar-refractivity contribution in [3.05, 3.63) is 23.7 Å². The van der Waals surface area contributed by atoms with Crippen LogP contribution in [0, 0.1) is 6.92 Å². The van der Waals surface area contributed by atoms with Crippen LogP contribution >= 0.6 is 0 Å². The largest absolute Gasteiger partial charge is 0.419 e. The van der Waals surface area contributed by atoms with Gasteiger partial charge in [0, 0.05) is 11.8 Å². The Hall–Kier alpha value is -2.11. The highest BCUT2D eigenvalue weighted by atomic mass is 16.5. The van der Waals surface area contributed by atoms with E-state index in [9.17, 15) is 0 Å². The summed E-state index contributed by atoms with van der Waals surface area (Å²) in [6, 6.07) is 1.79. The molecule has 0 bridgehead atoms. The van der Waals surface area contributed by atoms with Crippen LogP contribution in [0.1, 0.15) is 18.2 Å². The van der Waals surface area contributed by atoms with Crippen LogP contribution in [0.15, 0.2) is 12.4 Å². The maximum Gasteiger partial charge on any atom is 0.240 e. The molecule has 0 atom stereocenters. The number of ether oxygens (including phenoxy) is 1. The minimum atomic E-state index is 0.444. The zero-order chi connectivity index (χ0) is 11.5. The number of aromatic amines is 1. The zero-order valence-corrected chi connectivity index (χ0v) is 9.19. The molecular weight excluding hydrogens is 206 g/mol. The van der Waals surface area contributed by atoms with Crippen molar-refractivity contribution in [3.63, 3.8) is 0 Å². The molecule has 0 aliphatic carbocycles. The van der Waals surface area contributed by atoms with Crippen LogP contribution in [-0.4, -0.2) is 20.2 Å². The molecule has 2 rings (SSSR count). The Labute approximate surface area is 92.9 Å². The van der Waals surface area contributed by atoms with Crippen molar-refractivity contribution < 1.29 is 4.74 Å². The summed E-state index contributed by atoms with van der Waals surface area (Å²) in [5, 5.41) is 6.76. The first-order valence-electron chi connectivity index (χ1n) is 5.00. The lowest BCUT2D eigenvalue weighted by molar-refractivity contribution is 0.437. The van der Waals surface area contributed by atoms with Crippen molar-refractivity contribution in [1.82, 2.24) is 20.2 Å². The molecule has 0 fully saturated rings. The summed E-state index contributed by atoms with van der Waals surface area (Å²) >= 11 is 0. The van der Waals surface area contributed by atoms with Gasteiger partial charge >= 0.3 is 0 Å². The minimum Gasteiger partial charge on any atom is -0.419 e. The number of aromatic nitrogens is 4. The normalized spacial score (nSPS) is 10.4. The van der Waals surface area contributed by atoms with Gasteiger partial charge in [0.25, 0.3) is 0 Å². The molecule has 0 spiro atoms. The maximum atomic E-state index is 5.73. The van der Waals surface area contributed by atoms with Crippen molar-refractivity contribution in [1.29, 1.82) is 0 Å². The molecule has 2 aromatic rings. The van der Waals surface area contributed by atoms with Crippen LogP contribution in [0.25, 0.3) is 0 Å². The van der Waals surface area contributed by atoms with Gasteiger partial charge in [0.2, 0.25) is 11.8 Å². The van der Waals surface area contributed by atoms with Gasteiger partial charge in [0.05, 0.1) is 5.56 Å². The van der Waals surface area contributed by atoms with Crippen molar-refractivity contribution >= 4 is 5.82 Å². The van der Waals surface area contributed by atoms with E-state index in [2.05, 4.69) is 20.2 Å². The molecule has 0 amide bonds. The molecule has 16 heavy (non-hydrogen) atoms. The van der Waals surface area contributed by atoms with E-state index >= 15 is 0 Å². The van der Waals surface area contributed by atoms with E-state index < -0.39 is 0 Å². The highest BCUT2D eigenvalue weighted by Gasteiger charge is 2.10. The summed E-state index contributed by atoms with van der Waals surface area (Å²) in [4.78, 5) is 7.96. The number of nitrogen functional groups attached to an aromatic ring is 1. The Kier molecular flexibility index (Phi) is 2.72. The number of nitrogens with two attached hydrogens (primary N) is 1. The van der Waals surface area contributed by atoms with E-state index in [1.54, 1.807) is 6.07 Å². The number of hydrogen-bond donors (Lipinski definition) is 2. The third-order valence-electron chi connectivity index (χ3n) is 2.18. The number of aryl methyl sites for hydroxylation is 1. The Bertz CT molecular complexity index is 494. The lowest BCUT2D eigenvalue weighted by Gasteiger charge is -2.07. The molecule has 6 heteroatoms. The average Bonchev–Trinajstić information content (AvgIpc) is 2.64. The summed E-state index contributed by atoms with van der Waals surface area (Å²) < 4.78 is 5.53. The van der Waals surface area contributed by atoms with Gasteiger partial charge in [-0.1, -0.05) is 6.92 Å². The third-order valence-corrected chi connectivity index (χ3v) is 2.18. The predicted octanol–water partition coefficient (Wildman–Crippen LogP) is 1.45. The molecule has 0 aromatic carbocycles. The van der Waals surface area contributed by atoms with E-state index in [4.69, 9.17) is 10.5 Å². The molecule has 0 aliphatic rings. The molecule has 84 valence electrons. The molecule has 0 saturated carbocycles. The molecule has 2 heterocycles. The standard InChI is InChI=1S/C10H13N5O/c1-3-7-9(11)12-5-13-10(7)16-8-4-6(2)14-15-8/h4-5H,3H2,1-2H3,(H,14,15)(H2,11,12,13). The number of hydrogen-bond acceptors (Lipinski definition) is 5. The van der Waals surface area contributed by atoms with Crippen LogP contribution in [0.3, 0.4) is 0 Å². The minimum absolute atomic E-state index is 0.444. The molecule has 0 radical (unpaired) electrons. The Morgan fingerprint density at radius 2 is 2.25 bits per heavy atom. The first-order valence-corrected chi connectivity index (χ1v) is 5.00. The maximum absolute atomic E-state index is 5.73. The fraction of sp³-hybridized carbons (Fsp3) is 0.300. The van der Waals surface area contributed by atoms with E-state index in [0.29, 0.717) is 24.0 Å². The molecule has 0 unspecified atom stereocenters. The number of H-pyrrole nitrogens is 1. The van der Waals surface area contributed by atoms with Crippen LogP contribution < -0.4 is 10.5 Å². The summed E-state index contributed by atoms with van der Waals surface area (Å²) in [5.74, 6) is 1.38. The van der Waals surface area contributed by atoms with Crippen LogP contribution in [0.4, 0.5) is 5.82 Å². The van der Waals surface area contributed by atoms with Gasteiger partial charge in [-0.15, -0.1) is 5.10 Å². The van der Waals surface area contributed by atoms with Gasteiger partial charge in [-0.2, -0.15) is 0 Å². The number of anilines is 1. The van der Waals surface area contributed by atoms with E-state index in [0.717, 1.165) is 11.3 Å². The summed E-state index contributed by atoms with van der Waals surface area (Å²) in [5.41, 5.74) is 7.45. The Morgan fingerprint density at radius 3 is 2.88 bits per heavy atom. The highest BCUT2D eigenvalue weighted by Crippen LogP contribution is 2.24. The molecule has 0 saturated heterocycles. The van der Waals surface area contributed by atoms with E-state index in [-0.39, 0.29) is 0 Å². The second-order valence-corrected chi connectivity index (χ2v) is 3.39. The quantitative estimate of drug-likeness (QED) is 0.815. The smallest absolute Gasteiger partial charge is 0.240 e. The topological polar surface area (TPSA) is 89.7 Å². The van der Waals surface area contributed by atoms with Gasteiger partial charge in [-0.05, 0) is 13.3 Å². The summed E-state index contributed by atoms with van der Waals surface area (Å²) in [7, 11) is 0. The van der Waals surface area contributed by atoms with Gasteiger partial charge < -0.3 is 10.5 Å². The zero-order valence-electron chi connectivity index (χ0n) is 9.19. The fourth-order valence-corrected chi connectivity index (χ4v) is 1.37. The van der Waals surface area contributed by atoms with Crippen molar-refractivity contribution in [2.45, 2.75) is 20.3 Å². The van der Waals surface area contributed by atoms with Gasteiger partial charge in [-0.3, -0.25) is 5.10 Å². The SMILES string of the molecule is CCc1c(N)ncnc1Oc1cc(C)[nH]n1. The molecular formula is C10H13N5O. The molecule has 0 aliphatic heterocycles. The van der Waals surface area contributed by atoms with Crippen molar-refractivity contribution in [2.24, 2.45) is 0 Å². The molecule has 3 N–H and O–H groups in total. The second-order valence-electron chi connectivity index (χ2n) is 3.39. The van der Waals surface area contributed by atoms with Gasteiger partial charge in [0.1, 0.15) is 12.1 Å². The number of nitrogens with one attached hydrogen (secondary N) is 1. The summed E-state index contributed by atoms with van der Waals surface area (Å²) in [6.45, 7) is 3.87. The first kappa shape index (κ1) is 10.4. The van der Waals surface area contributed by atoms with Gasteiger partial charge in [0.15, 0.2) is 0 Å². The monoisotopic (exact) mass is 219 g/mol. The molecule has 6 nitrogen and oxygen atoms in total.